The summed E-state index contributed by atoms with van der Waals surface area (Å²) in [5.74, 6) is 2.07. The summed E-state index contributed by atoms with van der Waals surface area (Å²) in [6, 6.07) is 21.5. The molecule has 1 N–H and O–H groups in total. The minimum Gasteiger partial charge on any atom is -0.493 e. The zero-order chi connectivity index (χ0) is 22.3. The van der Waals surface area contributed by atoms with Crippen LogP contribution in [0.25, 0.3) is 11.5 Å². The number of hydrogen-bond acceptors (Lipinski definition) is 7. The summed E-state index contributed by atoms with van der Waals surface area (Å²) >= 11 is 0. The van der Waals surface area contributed by atoms with Crippen LogP contribution in [0.1, 0.15) is 16.2 Å². The van der Waals surface area contributed by atoms with Crippen molar-refractivity contribution in [2.24, 2.45) is 0 Å². The van der Waals surface area contributed by atoms with Gasteiger partial charge in [-0.2, -0.15) is 4.98 Å². The van der Waals surface area contributed by atoms with E-state index in [1.54, 1.807) is 30.3 Å². The van der Waals surface area contributed by atoms with Crippen LogP contribution in [0.15, 0.2) is 77.3 Å². The number of methoxy groups -OCH3 is 2. The monoisotopic (exact) mass is 431 g/mol. The number of carbonyl (C=O) groups excluding carboxylic acids is 1. The summed E-state index contributed by atoms with van der Waals surface area (Å²) in [6.45, 7) is 0.160. The molecule has 0 radical (unpaired) electrons. The van der Waals surface area contributed by atoms with Crippen LogP contribution in [0.2, 0.25) is 0 Å². The third-order valence-electron chi connectivity index (χ3n) is 4.63. The molecule has 0 saturated carbocycles. The number of carbonyl (C=O) groups is 1. The average molecular weight is 431 g/mol. The number of para-hydroxylation sites is 2. The molecule has 8 heteroatoms. The summed E-state index contributed by atoms with van der Waals surface area (Å²) in [7, 11) is 3.06. The van der Waals surface area contributed by atoms with E-state index < -0.39 is 0 Å². The van der Waals surface area contributed by atoms with Crippen LogP contribution in [-0.4, -0.2) is 30.3 Å². The highest BCUT2D eigenvalue weighted by molar-refractivity contribution is 6.06. The standard InChI is InChI=1S/C24H21N3O5/c1-29-20-13-12-16(14-21(20)30-2)23(28)25-19-11-7-6-10-18(19)24-26-22(27-32-24)15-31-17-8-4-3-5-9-17/h3-14H,15H2,1-2H3,(H,25,28). The third-order valence-corrected chi connectivity index (χ3v) is 4.63. The van der Waals surface area contributed by atoms with Crippen molar-refractivity contribution in [2.45, 2.75) is 6.61 Å². The molecule has 4 rings (SSSR count). The largest absolute Gasteiger partial charge is 0.493 e. The van der Waals surface area contributed by atoms with Gasteiger partial charge in [-0.05, 0) is 42.5 Å². The molecule has 0 aliphatic carbocycles. The van der Waals surface area contributed by atoms with Gasteiger partial charge < -0.3 is 24.1 Å². The lowest BCUT2D eigenvalue weighted by molar-refractivity contribution is 0.102. The van der Waals surface area contributed by atoms with Crippen LogP contribution in [0, 0.1) is 0 Å². The van der Waals surface area contributed by atoms with Gasteiger partial charge >= 0.3 is 0 Å². The first-order chi connectivity index (χ1) is 15.7. The van der Waals surface area contributed by atoms with Crippen molar-refractivity contribution in [3.63, 3.8) is 0 Å². The molecule has 0 spiro atoms. The topological polar surface area (TPSA) is 95.7 Å². The maximum atomic E-state index is 12.8. The van der Waals surface area contributed by atoms with Gasteiger partial charge in [-0.3, -0.25) is 4.79 Å². The number of ether oxygens (including phenoxy) is 3. The predicted octanol–water partition coefficient (Wildman–Crippen LogP) is 4.59. The predicted molar refractivity (Wildman–Crippen MR) is 118 cm³/mol. The molecule has 8 nitrogen and oxygen atoms in total. The van der Waals surface area contributed by atoms with Gasteiger partial charge in [0.25, 0.3) is 11.8 Å². The van der Waals surface area contributed by atoms with Crippen molar-refractivity contribution in [2.75, 3.05) is 19.5 Å². The molecule has 162 valence electrons. The first-order valence-corrected chi connectivity index (χ1v) is 9.81. The molecule has 0 fully saturated rings. The minimum atomic E-state index is -0.314. The van der Waals surface area contributed by atoms with Crippen LogP contribution in [-0.2, 0) is 6.61 Å². The van der Waals surface area contributed by atoms with E-state index >= 15 is 0 Å². The number of aromatic nitrogens is 2. The van der Waals surface area contributed by atoms with Gasteiger partial charge in [-0.15, -0.1) is 0 Å². The van der Waals surface area contributed by atoms with Crippen molar-refractivity contribution in [3.8, 4) is 28.7 Å². The lowest BCUT2D eigenvalue weighted by Crippen LogP contribution is -2.13. The lowest BCUT2D eigenvalue weighted by atomic mass is 10.1. The lowest BCUT2D eigenvalue weighted by Gasteiger charge is -2.11. The van der Waals surface area contributed by atoms with Gasteiger partial charge in [-0.25, -0.2) is 0 Å². The zero-order valence-corrected chi connectivity index (χ0v) is 17.6. The van der Waals surface area contributed by atoms with Crippen LogP contribution in [0.4, 0.5) is 5.69 Å². The van der Waals surface area contributed by atoms with Crippen molar-refractivity contribution in [3.05, 3.63) is 84.2 Å². The molecule has 4 aromatic rings. The van der Waals surface area contributed by atoms with Gasteiger partial charge in [0.1, 0.15) is 5.75 Å². The zero-order valence-electron chi connectivity index (χ0n) is 17.6. The van der Waals surface area contributed by atoms with Crippen LogP contribution in [0.5, 0.6) is 17.2 Å². The van der Waals surface area contributed by atoms with Gasteiger partial charge in [0.2, 0.25) is 5.82 Å². The Balaban J connectivity index is 1.51. The number of nitrogens with one attached hydrogen (secondary N) is 1. The second-order valence-electron chi connectivity index (χ2n) is 6.69. The fourth-order valence-corrected chi connectivity index (χ4v) is 3.04. The second kappa shape index (κ2) is 9.65. The first-order valence-electron chi connectivity index (χ1n) is 9.81. The Hall–Kier alpha value is -4.33. The molecule has 0 unspecified atom stereocenters. The summed E-state index contributed by atoms with van der Waals surface area (Å²) < 4.78 is 21.6. The van der Waals surface area contributed by atoms with E-state index in [1.807, 2.05) is 42.5 Å². The summed E-state index contributed by atoms with van der Waals surface area (Å²) in [4.78, 5) is 17.2. The van der Waals surface area contributed by atoms with E-state index in [0.29, 0.717) is 39.9 Å². The maximum absolute atomic E-state index is 12.8. The first kappa shape index (κ1) is 20.9. The molecule has 32 heavy (non-hydrogen) atoms. The summed E-state index contributed by atoms with van der Waals surface area (Å²) in [5.41, 5.74) is 1.55. The van der Waals surface area contributed by atoms with Gasteiger partial charge in [0.15, 0.2) is 18.1 Å². The van der Waals surface area contributed by atoms with E-state index in [9.17, 15) is 4.79 Å². The highest BCUT2D eigenvalue weighted by Crippen LogP contribution is 2.30. The molecule has 1 aromatic heterocycles. The molecule has 0 aliphatic heterocycles. The Morgan fingerprint density at radius 1 is 0.938 bits per heavy atom. The maximum Gasteiger partial charge on any atom is 0.260 e. The fourth-order valence-electron chi connectivity index (χ4n) is 3.04. The van der Waals surface area contributed by atoms with E-state index in [1.165, 1.54) is 14.2 Å². The number of hydrogen-bond donors (Lipinski definition) is 1. The average Bonchev–Trinajstić information content (AvgIpc) is 3.32. The molecule has 0 atom stereocenters. The van der Waals surface area contributed by atoms with Crippen molar-refractivity contribution < 1.29 is 23.5 Å². The Morgan fingerprint density at radius 3 is 2.47 bits per heavy atom. The molecule has 3 aromatic carbocycles. The highest BCUT2D eigenvalue weighted by atomic mass is 16.5. The van der Waals surface area contributed by atoms with Crippen molar-refractivity contribution in [1.82, 2.24) is 10.1 Å². The molecule has 1 amide bonds. The van der Waals surface area contributed by atoms with Crippen LogP contribution < -0.4 is 19.5 Å². The van der Waals surface area contributed by atoms with Crippen molar-refractivity contribution in [1.29, 1.82) is 0 Å². The van der Waals surface area contributed by atoms with Crippen LogP contribution >= 0.6 is 0 Å². The molecule has 1 heterocycles. The van der Waals surface area contributed by atoms with Gasteiger partial charge in [0, 0.05) is 5.56 Å². The fraction of sp³-hybridized carbons (Fsp3) is 0.125. The third kappa shape index (κ3) is 4.70. The minimum absolute atomic E-state index is 0.160. The SMILES string of the molecule is COc1ccc(C(=O)Nc2ccccc2-c2nc(COc3ccccc3)no2)cc1OC. The van der Waals surface area contributed by atoms with E-state index in [-0.39, 0.29) is 18.4 Å². The molecular weight excluding hydrogens is 410 g/mol. The van der Waals surface area contributed by atoms with E-state index in [4.69, 9.17) is 18.7 Å². The summed E-state index contributed by atoms with van der Waals surface area (Å²) in [6.07, 6.45) is 0. The Morgan fingerprint density at radius 2 is 1.69 bits per heavy atom. The quantitative estimate of drug-likeness (QED) is 0.436. The van der Waals surface area contributed by atoms with Gasteiger partial charge in [-0.1, -0.05) is 35.5 Å². The van der Waals surface area contributed by atoms with Gasteiger partial charge in [0.05, 0.1) is 25.5 Å². The number of amides is 1. The number of anilines is 1. The summed E-state index contributed by atoms with van der Waals surface area (Å²) in [5, 5.41) is 6.86. The highest BCUT2D eigenvalue weighted by Gasteiger charge is 2.17. The number of nitrogens with zero attached hydrogens (tertiary/aromatic N) is 2. The van der Waals surface area contributed by atoms with Crippen LogP contribution in [0.3, 0.4) is 0 Å². The molecule has 0 bridgehead atoms. The Labute approximate surface area is 184 Å². The Bertz CT molecular complexity index is 1210. The Kier molecular flexibility index (Phi) is 6.31. The van der Waals surface area contributed by atoms with Crippen molar-refractivity contribution >= 4 is 11.6 Å². The van der Waals surface area contributed by atoms with E-state index in [0.717, 1.165) is 0 Å². The second-order valence-corrected chi connectivity index (χ2v) is 6.69. The smallest absolute Gasteiger partial charge is 0.260 e. The molecular formula is C24H21N3O5. The number of benzene rings is 3. The van der Waals surface area contributed by atoms with E-state index in [2.05, 4.69) is 15.5 Å². The molecule has 0 saturated heterocycles. The normalized spacial score (nSPS) is 10.4. The molecule has 0 aliphatic rings. The number of rotatable bonds is 8.